The molecule has 0 fully saturated rings. The van der Waals surface area contributed by atoms with Crippen molar-refractivity contribution in [3.05, 3.63) is 53.3 Å². The molecule has 2 aromatic rings. The van der Waals surface area contributed by atoms with E-state index in [9.17, 15) is 14.0 Å². The Balaban J connectivity index is 2.20. The predicted octanol–water partition coefficient (Wildman–Crippen LogP) is 4.05. The average molecular weight is 357 g/mol. The zero-order valence-electron chi connectivity index (χ0n) is 15.7. The lowest BCUT2D eigenvalue weighted by Gasteiger charge is -2.15. The lowest BCUT2D eigenvalue weighted by molar-refractivity contribution is -0.118. The summed E-state index contributed by atoms with van der Waals surface area (Å²) in [5.74, 6) is -1.12. The Morgan fingerprint density at radius 3 is 2.31 bits per heavy atom. The summed E-state index contributed by atoms with van der Waals surface area (Å²) in [6, 6.07) is 9.63. The van der Waals surface area contributed by atoms with Crippen molar-refractivity contribution in [3.8, 4) is 0 Å². The Kier molecular flexibility index (Phi) is 5.97. The van der Waals surface area contributed by atoms with Crippen LogP contribution in [0.1, 0.15) is 29.8 Å². The van der Waals surface area contributed by atoms with Crippen LogP contribution in [0.4, 0.5) is 21.5 Å². The number of anilines is 3. The van der Waals surface area contributed by atoms with Gasteiger partial charge in [-0.1, -0.05) is 19.9 Å². The first-order chi connectivity index (χ1) is 12.2. The van der Waals surface area contributed by atoms with Crippen LogP contribution in [0.5, 0.6) is 0 Å². The highest BCUT2D eigenvalue weighted by Crippen LogP contribution is 2.23. The van der Waals surface area contributed by atoms with E-state index in [2.05, 4.69) is 10.6 Å². The van der Waals surface area contributed by atoms with Crippen molar-refractivity contribution in [1.82, 2.24) is 0 Å². The fourth-order valence-corrected chi connectivity index (χ4v) is 2.33. The van der Waals surface area contributed by atoms with Gasteiger partial charge in [0, 0.05) is 37.0 Å². The minimum absolute atomic E-state index is 0.104. The number of hydrogen-bond donors (Lipinski definition) is 2. The van der Waals surface area contributed by atoms with Crippen molar-refractivity contribution in [2.45, 2.75) is 20.8 Å². The first-order valence-electron chi connectivity index (χ1n) is 8.38. The van der Waals surface area contributed by atoms with E-state index in [-0.39, 0.29) is 17.4 Å². The molecule has 0 aliphatic heterocycles. The van der Waals surface area contributed by atoms with E-state index < -0.39 is 11.7 Å². The maximum absolute atomic E-state index is 14.1. The molecule has 0 saturated heterocycles. The quantitative estimate of drug-likeness (QED) is 0.849. The van der Waals surface area contributed by atoms with Gasteiger partial charge in [-0.25, -0.2) is 4.39 Å². The molecule has 26 heavy (non-hydrogen) atoms. The van der Waals surface area contributed by atoms with E-state index in [4.69, 9.17) is 0 Å². The van der Waals surface area contributed by atoms with Gasteiger partial charge in [0.05, 0.1) is 5.69 Å². The molecular formula is C20H24FN3O2. The Morgan fingerprint density at radius 2 is 1.73 bits per heavy atom. The van der Waals surface area contributed by atoms with Gasteiger partial charge in [-0.2, -0.15) is 0 Å². The summed E-state index contributed by atoms with van der Waals surface area (Å²) in [6.07, 6.45) is 0. The van der Waals surface area contributed by atoms with E-state index in [1.807, 2.05) is 6.92 Å². The van der Waals surface area contributed by atoms with Crippen molar-refractivity contribution in [2.75, 3.05) is 29.6 Å². The molecule has 2 rings (SSSR count). The third kappa shape index (κ3) is 4.59. The number of benzene rings is 2. The second kappa shape index (κ2) is 7.99. The van der Waals surface area contributed by atoms with Crippen LogP contribution >= 0.6 is 0 Å². The van der Waals surface area contributed by atoms with Crippen LogP contribution in [0.25, 0.3) is 0 Å². The molecule has 0 aliphatic rings. The monoisotopic (exact) mass is 357 g/mol. The van der Waals surface area contributed by atoms with E-state index in [0.717, 1.165) is 5.56 Å². The second-order valence-electron chi connectivity index (χ2n) is 6.69. The molecule has 2 amide bonds. The largest absolute Gasteiger partial charge is 0.375 e. The second-order valence-corrected chi connectivity index (χ2v) is 6.69. The highest BCUT2D eigenvalue weighted by Gasteiger charge is 2.13. The Labute approximate surface area is 153 Å². The number of aryl methyl sites for hydroxylation is 1. The van der Waals surface area contributed by atoms with Gasteiger partial charge in [0.1, 0.15) is 5.82 Å². The number of rotatable bonds is 5. The van der Waals surface area contributed by atoms with Gasteiger partial charge in [-0.15, -0.1) is 0 Å². The summed E-state index contributed by atoms with van der Waals surface area (Å²) >= 11 is 0. The number of hydrogen-bond acceptors (Lipinski definition) is 3. The molecule has 0 radical (unpaired) electrons. The van der Waals surface area contributed by atoms with Gasteiger partial charge in [-0.3, -0.25) is 9.59 Å². The molecule has 0 atom stereocenters. The lowest BCUT2D eigenvalue weighted by atomic mass is 10.1. The third-order valence-corrected chi connectivity index (χ3v) is 3.97. The summed E-state index contributed by atoms with van der Waals surface area (Å²) in [6.45, 7) is 5.45. The smallest absolute Gasteiger partial charge is 0.255 e. The molecule has 0 aliphatic carbocycles. The molecule has 0 aromatic heterocycles. The van der Waals surface area contributed by atoms with Gasteiger partial charge in [0.2, 0.25) is 5.91 Å². The molecule has 5 nitrogen and oxygen atoms in total. The number of carbonyl (C=O) groups is 2. The van der Waals surface area contributed by atoms with Gasteiger partial charge in [0.15, 0.2) is 0 Å². The minimum atomic E-state index is -0.461. The molecule has 138 valence electrons. The molecule has 0 spiro atoms. The summed E-state index contributed by atoms with van der Waals surface area (Å²) in [4.78, 5) is 25.9. The van der Waals surface area contributed by atoms with E-state index in [0.29, 0.717) is 17.1 Å². The van der Waals surface area contributed by atoms with Crippen LogP contribution in [-0.2, 0) is 4.79 Å². The zero-order valence-corrected chi connectivity index (χ0v) is 15.7. The molecule has 0 heterocycles. The third-order valence-electron chi connectivity index (χ3n) is 3.97. The highest BCUT2D eigenvalue weighted by molar-refractivity contribution is 6.05. The molecule has 2 N–H and O–H groups in total. The van der Waals surface area contributed by atoms with Crippen LogP contribution in [0, 0.1) is 18.7 Å². The van der Waals surface area contributed by atoms with Crippen LogP contribution in [0.3, 0.4) is 0 Å². The van der Waals surface area contributed by atoms with Crippen molar-refractivity contribution >= 4 is 28.9 Å². The van der Waals surface area contributed by atoms with Crippen molar-refractivity contribution in [1.29, 1.82) is 0 Å². The summed E-state index contributed by atoms with van der Waals surface area (Å²) in [5, 5.41) is 5.57. The first-order valence-corrected chi connectivity index (χ1v) is 8.38. The fraction of sp³-hybridized carbons (Fsp3) is 0.300. The SMILES string of the molecule is Cc1ccc(NC(=O)C(C)C)cc1NC(=O)c1ccc(N(C)C)c(F)c1. The topological polar surface area (TPSA) is 61.4 Å². The van der Waals surface area contributed by atoms with Crippen LogP contribution in [0.15, 0.2) is 36.4 Å². The fourth-order valence-electron chi connectivity index (χ4n) is 2.33. The molecule has 0 unspecified atom stereocenters. The number of carbonyl (C=O) groups excluding carboxylic acids is 2. The van der Waals surface area contributed by atoms with E-state index >= 15 is 0 Å². The predicted molar refractivity (Wildman–Crippen MR) is 103 cm³/mol. The number of nitrogens with one attached hydrogen (secondary N) is 2. The molecule has 0 bridgehead atoms. The molecule has 0 saturated carbocycles. The van der Waals surface area contributed by atoms with Crippen molar-refractivity contribution < 1.29 is 14.0 Å². The Hall–Kier alpha value is -2.89. The first kappa shape index (κ1) is 19.4. The van der Waals surface area contributed by atoms with Crippen LogP contribution < -0.4 is 15.5 Å². The van der Waals surface area contributed by atoms with Gasteiger partial charge in [0.25, 0.3) is 5.91 Å². The van der Waals surface area contributed by atoms with Crippen LogP contribution in [-0.4, -0.2) is 25.9 Å². The maximum atomic E-state index is 14.1. The van der Waals surface area contributed by atoms with Crippen molar-refractivity contribution in [3.63, 3.8) is 0 Å². The normalized spacial score (nSPS) is 10.6. The standard InChI is InChI=1S/C20H24FN3O2/c1-12(2)19(25)22-15-8-6-13(3)17(11-15)23-20(26)14-7-9-18(24(4)5)16(21)10-14/h6-12H,1-5H3,(H,22,25)(H,23,26). The lowest BCUT2D eigenvalue weighted by Crippen LogP contribution is -2.18. The number of amides is 2. The maximum Gasteiger partial charge on any atom is 0.255 e. The molecular weight excluding hydrogens is 333 g/mol. The van der Waals surface area contributed by atoms with Crippen LogP contribution in [0.2, 0.25) is 0 Å². The van der Waals surface area contributed by atoms with Gasteiger partial charge in [-0.05, 0) is 42.8 Å². The zero-order chi connectivity index (χ0) is 19.4. The molecule has 2 aromatic carbocycles. The molecule has 6 heteroatoms. The highest BCUT2D eigenvalue weighted by atomic mass is 19.1. The Bertz CT molecular complexity index is 832. The van der Waals surface area contributed by atoms with Gasteiger partial charge >= 0.3 is 0 Å². The van der Waals surface area contributed by atoms with E-state index in [1.165, 1.54) is 6.07 Å². The minimum Gasteiger partial charge on any atom is -0.375 e. The Morgan fingerprint density at radius 1 is 1.04 bits per heavy atom. The summed E-state index contributed by atoms with van der Waals surface area (Å²) in [5.41, 5.74) is 2.64. The van der Waals surface area contributed by atoms with Crippen molar-refractivity contribution in [2.24, 2.45) is 5.92 Å². The van der Waals surface area contributed by atoms with Gasteiger partial charge < -0.3 is 15.5 Å². The summed E-state index contributed by atoms with van der Waals surface area (Å²) in [7, 11) is 3.47. The average Bonchev–Trinajstić information content (AvgIpc) is 2.57. The van der Waals surface area contributed by atoms with E-state index in [1.54, 1.807) is 63.2 Å². The number of halogens is 1. The number of nitrogens with zero attached hydrogens (tertiary/aromatic N) is 1. The summed E-state index contributed by atoms with van der Waals surface area (Å²) < 4.78 is 14.1.